The molecule has 1 saturated heterocycles. The van der Waals surface area contributed by atoms with Gasteiger partial charge in [0.25, 0.3) is 10.1 Å². The van der Waals surface area contributed by atoms with Crippen LogP contribution in [0.1, 0.15) is 17.5 Å². The predicted octanol–water partition coefficient (Wildman–Crippen LogP) is 2.86. The van der Waals surface area contributed by atoms with E-state index in [2.05, 4.69) is 0 Å². The molecule has 0 aliphatic carbocycles. The van der Waals surface area contributed by atoms with E-state index >= 15 is 0 Å². The van der Waals surface area contributed by atoms with Crippen LogP contribution in [0.2, 0.25) is 0 Å². The van der Waals surface area contributed by atoms with E-state index in [4.69, 9.17) is 18.4 Å². The fourth-order valence-corrected chi connectivity index (χ4v) is 4.26. The second-order valence-corrected chi connectivity index (χ2v) is 8.70. The molecule has 0 bridgehead atoms. The molecule has 1 aliphatic rings. The van der Waals surface area contributed by atoms with Crippen LogP contribution in [0.3, 0.4) is 0 Å². The molecule has 0 radical (unpaired) electrons. The van der Waals surface area contributed by atoms with Crippen molar-refractivity contribution in [3.63, 3.8) is 0 Å². The van der Waals surface area contributed by atoms with E-state index in [9.17, 15) is 13.2 Å². The van der Waals surface area contributed by atoms with Crippen molar-refractivity contribution in [1.29, 1.82) is 0 Å². The van der Waals surface area contributed by atoms with E-state index in [1.54, 1.807) is 12.1 Å². The van der Waals surface area contributed by atoms with E-state index < -0.39 is 28.4 Å². The Bertz CT molecular complexity index is 926. The molecule has 0 amide bonds. The Labute approximate surface area is 177 Å². The second-order valence-electron chi connectivity index (χ2n) is 7.13. The van der Waals surface area contributed by atoms with Gasteiger partial charge in [-0.1, -0.05) is 48.0 Å². The topological polar surface area (TPSA) is 88.1 Å². The van der Waals surface area contributed by atoms with E-state index in [0.29, 0.717) is 19.6 Å². The molecule has 1 fully saturated rings. The summed E-state index contributed by atoms with van der Waals surface area (Å²) in [4.78, 5) is 12.9. The molecule has 30 heavy (non-hydrogen) atoms. The van der Waals surface area contributed by atoms with Gasteiger partial charge < -0.3 is 14.2 Å². The summed E-state index contributed by atoms with van der Waals surface area (Å²) in [7, 11) is -2.65. The maximum Gasteiger partial charge on any atom is 0.297 e. The normalized spacial score (nSPS) is 22.2. The molecule has 162 valence electrons. The monoisotopic (exact) mass is 434 g/mol. The Kier molecular flexibility index (Phi) is 7.74. The Hall–Kier alpha value is -2.10. The number of carbonyl (C=O) groups excluding carboxylic acids is 1. The number of aryl methyl sites for hydroxylation is 1. The molecular formula is C22H26O7S. The zero-order valence-electron chi connectivity index (χ0n) is 17.0. The maximum absolute atomic E-state index is 12.9. The number of carbonyl (C=O) groups is 1. The van der Waals surface area contributed by atoms with Crippen molar-refractivity contribution in [2.45, 2.75) is 37.2 Å². The van der Waals surface area contributed by atoms with Crippen molar-refractivity contribution in [2.75, 3.05) is 20.3 Å². The smallest absolute Gasteiger partial charge is 0.297 e. The van der Waals surface area contributed by atoms with Crippen LogP contribution >= 0.6 is 0 Å². The van der Waals surface area contributed by atoms with Gasteiger partial charge in [-0.25, -0.2) is 0 Å². The standard InChI is InChI=1S/C22H26O7S/c1-16-8-10-18(11-9-16)30(24,25)29-20-15-28-22(26-2)19(21(20)23)12-13-27-14-17-6-4-3-5-7-17/h3-11,19-20,22H,12-15H2,1-2H3/t19-,20-,22-/m1/s1. The molecular weight excluding hydrogens is 408 g/mol. The minimum absolute atomic E-state index is 0.00231. The highest BCUT2D eigenvalue weighted by Crippen LogP contribution is 2.26. The van der Waals surface area contributed by atoms with Gasteiger partial charge in [-0.2, -0.15) is 8.42 Å². The number of hydrogen-bond acceptors (Lipinski definition) is 7. The van der Waals surface area contributed by atoms with Gasteiger partial charge in [0, 0.05) is 13.7 Å². The summed E-state index contributed by atoms with van der Waals surface area (Å²) in [5.74, 6) is -1.05. The SMILES string of the molecule is CO[C@@H]1OC[C@@H](OS(=O)(=O)c2ccc(C)cc2)C(=O)[C@H]1CCOCc1ccccc1. The van der Waals surface area contributed by atoms with E-state index in [0.717, 1.165) is 11.1 Å². The van der Waals surface area contributed by atoms with E-state index in [1.165, 1.54) is 19.2 Å². The lowest BCUT2D eigenvalue weighted by Crippen LogP contribution is -2.48. The van der Waals surface area contributed by atoms with Crippen molar-refractivity contribution in [1.82, 2.24) is 0 Å². The van der Waals surface area contributed by atoms with Gasteiger partial charge in [0.05, 0.1) is 24.0 Å². The minimum Gasteiger partial charge on any atom is -0.377 e. The van der Waals surface area contributed by atoms with Crippen LogP contribution in [-0.4, -0.2) is 46.9 Å². The number of methoxy groups -OCH3 is 1. The molecule has 0 saturated carbocycles. The number of rotatable bonds is 9. The summed E-state index contributed by atoms with van der Waals surface area (Å²) in [6.07, 6.45) is -1.66. The average molecular weight is 435 g/mol. The summed E-state index contributed by atoms with van der Waals surface area (Å²) in [6.45, 7) is 2.38. The molecule has 0 N–H and O–H groups in total. The van der Waals surface area contributed by atoms with Gasteiger partial charge in [0.15, 0.2) is 18.2 Å². The fraction of sp³-hybridized carbons (Fsp3) is 0.409. The summed E-state index contributed by atoms with van der Waals surface area (Å²) < 4.78 is 46.8. The Balaban J connectivity index is 1.60. The predicted molar refractivity (Wildman–Crippen MR) is 109 cm³/mol. The van der Waals surface area contributed by atoms with Crippen LogP contribution in [0.25, 0.3) is 0 Å². The van der Waals surface area contributed by atoms with Crippen LogP contribution in [0.5, 0.6) is 0 Å². The summed E-state index contributed by atoms with van der Waals surface area (Å²) in [5, 5.41) is 0. The van der Waals surface area contributed by atoms with Gasteiger partial charge in [-0.15, -0.1) is 0 Å². The number of hydrogen-bond donors (Lipinski definition) is 0. The Morgan fingerprint density at radius 1 is 1.07 bits per heavy atom. The molecule has 0 aromatic heterocycles. The van der Waals surface area contributed by atoms with Crippen LogP contribution in [0.4, 0.5) is 0 Å². The van der Waals surface area contributed by atoms with Crippen molar-refractivity contribution < 1.29 is 31.6 Å². The first kappa shape index (κ1) is 22.6. The number of ketones is 1. The van der Waals surface area contributed by atoms with Gasteiger partial charge >= 0.3 is 0 Å². The molecule has 3 rings (SSSR count). The molecule has 3 atom stereocenters. The van der Waals surface area contributed by atoms with Gasteiger partial charge in [-0.3, -0.25) is 8.98 Å². The highest BCUT2D eigenvalue weighted by Gasteiger charge is 2.42. The van der Waals surface area contributed by atoms with Crippen molar-refractivity contribution in [2.24, 2.45) is 5.92 Å². The van der Waals surface area contributed by atoms with Crippen LogP contribution in [-0.2, 0) is 39.9 Å². The van der Waals surface area contributed by atoms with Crippen LogP contribution < -0.4 is 0 Å². The fourth-order valence-electron chi connectivity index (χ4n) is 3.23. The molecule has 0 spiro atoms. The van der Waals surface area contributed by atoms with Gasteiger partial charge in [0.1, 0.15) is 0 Å². The molecule has 8 heteroatoms. The third-order valence-corrected chi connectivity index (χ3v) is 6.23. The van der Waals surface area contributed by atoms with Crippen LogP contribution in [0, 0.1) is 12.8 Å². The van der Waals surface area contributed by atoms with E-state index in [1.807, 2.05) is 37.3 Å². The number of Topliss-reactive ketones (excluding diaryl/α,β-unsaturated/α-hetero) is 1. The first-order valence-corrected chi connectivity index (χ1v) is 11.1. The molecule has 2 aromatic rings. The first-order valence-electron chi connectivity index (χ1n) is 9.70. The molecule has 1 heterocycles. The lowest BCUT2D eigenvalue weighted by molar-refractivity contribution is -0.201. The van der Waals surface area contributed by atoms with Crippen LogP contribution in [0.15, 0.2) is 59.5 Å². The highest BCUT2D eigenvalue weighted by atomic mass is 32.2. The molecule has 2 aromatic carbocycles. The Morgan fingerprint density at radius 3 is 2.43 bits per heavy atom. The zero-order chi connectivity index (χ0) is 21.6. The van der Waals surface area contributed by atoms with Crippen molar-refractivity contribution in [3.05, 3.63) is 65.7 Å². The first-order chi connectivity index (χ1) is 14.4. The number of benzene rings is 2. The summed E-state index contributed by atoms with van der Waals surface area (Å²) in [6, 6.07) is 15.9. The molecule has 1 aliphatic heterocycles. The van der Waals surface area contributed by atoms with Gasteiger partial charge in [0.2, 0.25) is 0 Å². The lowest BCUT2D eigenvalue weighted by atomic mass is 9.94. The van der Waals surface area contributed by atoms with Gasteiger partial charge in [-0.05, 0) is 31.0 Å². The highest BCUT2D eigenvalue weighted by molar-refractivity contribution is 7.86. The molecule has 0 unspecified atom stereocenters. The summed E-state index contributed by atoms with van der Waals surface area (Å²) >= 11 is 0. The van der Waals surface area contributed by atoms with Crippen molar-refractivity contribution in [3.8, 4) is 0 Å². The minimum atomic E-state index is -4.09. The average Bonchev–Trinajstić information content (AvgIpc) is 2.74. The third-order valence-electron chi connectivity index (χ3n) is 4.89. The molecule has 7 nitrogen and oxygen atoms in total. The Morgan fingerprint density at radius 2 is 1.77 bits per heavy atom. The summed E-state index contributed by atoms with van der Waals surface area (Å²) in [5.41, 5.74) is 1.95. The zero-order valence-corrected chi connectivity index (χ0v) is 17.8. The second kappa shape index (κ2) is 10.3. The largest absolute Gasteiger partial charge is 0.377 e. The quantitative estimate of drug-likeness (QED) is 0.443. The maximum atomic E-state index is 12.9. The van der Waals surface area contributed by atoms with E-state index in [-0.39, 0.29) is 17.3 Å². The van der Waals surface area contributed by atoms with Crippen molar-refractivity contribution >= 4 is 15.9 Å². The number of ether oxygens (including phenoxy) is 3. The lowest BCUT2D eigenvalue weighted by Gasteiger charge is -2.33. The third kappa shape index (κ3) is 5.74.